The minimum Gasteiger partial charge on any atom is -0.337 e. The van der Waals surface area contributed by atoms with Crippen LogP contribution in [-0.2, 0) is 10.0 Å². The largest absolute Gasteiger partial charge is 0.337 e. The van der Waals surface area contributed by atoms with Gasteiger partial charge in [0.2, 0.25) is 5.88 Å². The lowest BCUT2D eigenvalue weighted by molar-refractivity contribution is 0.101. The van der Waals surface area contributed by atoms with Crippen LogP contribution in [0.3, 0.4) is 0 Å². The molecule has 0 unspecified atom stereocenters. The summed E-state index contributed by atoms with van der Waals surface area (Å²) in [7, 11) is -4.86. The van der Waals surface area contributed by atoms with E-state index in [0.717, 1.165) is 11.4 Å². The number of anilines is 2. The molecule has 0 aliphatic heterocycles. The van der Waals surface area contributed by atoms with Gasteiger partial charge in [0, 0.05) is 23.5 Å². The maximum Gasteiger partial charge on any atom is 0.267 e. The molecule has 3 rings (SSSR count). The van der Waals surface area contributed by atoms with E-state index in [0.29, 0.717) is 23.5 Å². The average molecular weight is 459 g/mol. The molecule has 1 aromatic carbocycles. The molecule has 0 spiro atoms. The van der Waals surface area contributed by atoms with E-state index in [-0.39, 0.29) is 21.3 Å². The first-order chi connectivity index (χ1) is 18.5. The summed E-state index contributed by atoms with van der Waals surface area (Å²) in [6, 6.07) is 2.11. The van der Waals surface area contributed by atoms with Gasteiger partial charge in [0.1, 0.15) is 9.77 Å². The monoisotopic (exact) mass is 458 g/mol. The maximum atomic E-state index is 13.5. The van der Waals surface area contributed by atoms with Gasteiger partial charge in [0.05, 0.1) is 11.4 Å². The van der Waals surface area contributed by atoms with Gasteiger partial charge in [-0.25, -0.2) is 13.1 Å². The fraction of sp³-hybridized carbons (Fsp3) is 0.250. The molecule has 2 aromatic heterocycles. The number of carbonyl (C=O) groups is 2. The van der Waals surface area contributed by atoms with Crippen molar-refractivity contribution in [3.8, 4) is 0 Å². The normalized spacial score (nSPS) is 18.0. The number of nitrogens with one attached hydrogen (secondary N) is 2. The summed E-state index contributed by atoms with van der Waals surface area (Å²) in [4.78, 5) is 24.9. The number of carbonyl (C=O) groups excluding carboxylic acids is 2. The van der Waals surface area contributed by atoms with Crippen molar-refractivity contribution >= 4 is 44.6 Å². The smallest absolute Gasteiger partial charge is 0.267 e. The lowest BCUT2D eigenvalue weighted by atomic mass is 10.0. The summed E-state index contributed by atoms with van der Waals surface area (Å²) in [6.07, 6.45) is 0. The Morgan fingerprint density at radius 3 is 2.70 bits per heavy atom. The number of benzene rings is 1. The topological polar surface area (TPSA) is 118 Å². The van der Waals surface area contributed by atoms with Crippen LogP contribution in [0.15, 0.2) is 33.0 Å². The Labute approximate surface area is 193 Å². The van der Waals surface area contributed by atoms with Gasteiger partial charge in [-0.3, -0.25) is 9.59 Å². The number of thiophene rings is 1. The summed E-state index contributed by atoms with van der Waals surface area (Å²) in [6.45, 7) is -6.77. The molecule has 0 saturated heterocycles. The van der Waals surface area contributed by atoms with Gasteiger partial charge < -0.3 is 9.83 Å². The number of hydrogen-bond donors (Lipinski definition) is 2. The third-order valence-corrected chi connectivity index (χ3v) is 6.34. The zero-order valence-electron chi connectivity index (χ0n) is 26.5. The molecule has 10 heteroatoms. The van der Waals surface area contributed by atoms with Gasteiger partial charge in [0.25, 0.3) is 15.9 Å². The molecule has 30 heavy (non-hydrogen) atoms. The first-order valence-electron chi connectivity index (χ1n) is 13.5. The van der Waals surface area contributed by atoms with Crippen molar-refractivity contribution in [2.75, 3.05) is 10.0 Å². The molecule has 0 saturated carbocycles. The summed E-state index contributed by atoms with van der Waals surface area (Å²) in [5.74, 6) is -3.74. The van der Waals surface area contributed by atoms with Crippen LogP contribution in [-0.4, -0.2) is 25.3 Å². The van der Waals surface area contributed by atoms with E-state index < -0.39 is 80.3 Å². The maximum absolute atomic E-state index is 13.5. The highest BCUT2D eigenvalue weighted by atomic mass is 32.2. The Morgan fingerprint density at radius 2 is 2.07 bits per heavy atom. The molecule has 2 N–H and O–H groups in total. The minimum atomic E-state index is -4.86. The van der Waals surface area contributed by atoms with Gasteiger partial charge in [0.15, 0.2) is 8.61 Å². The Kier molecular flexibility index (Phi) is 3.06. The highest BCUT2D eigenvalue weighted by Gasteiger charge is 2.27. The van der Waals surface area contributed by atoms with Crippen molar-refractivity contribution in [2.45, 2.75) is 39.3 Å². The number of Topliss-reactive ketones (excluding diaryl/α,β-unsaturated/α-hetero) is 1. The lowest BCUT2D eigenvalue weighted by Crippen LogP contribution is -2.20. The highest BCUT2D eigenvalue weighted by molar-refractivity contribution is 7.93. The van der Waals surface area contributed by atoms with Crippen molar-refractivity contribution in [3.63, 3.8) is 0 Å². The lowest BCUT2D eigenvalue weighted by Gasteiger charge is -2.14. The van der Waals surface area contributed by atoms with E-state index in [9.17, 15) is 18.0 Å². The molecular weight excluding hydrogens is 426 g/mol. The van der Waals surface area contributed by atoms with Crippen LogP contribution < -0.4 is 10.0 Å². The van der Waals surface area contributed by atoms with Crippen LogP contribution in [0.2, 0.25) is 2.82 Å². The van der Waals surface area contributed by atoms with Crippen molar-refractivity contribution in [1.29, 1.82) is 0 Å². The summed E-state index contributed by atoms with van der Waals surface area (Å²) in [5.41, 5.74) is -3.37. The van der Waals surface area contributed by atoms with E-state index in [1.54, 1.807) is 0 Å². The van der Waals surface area contributed by atoms with Gasteiger partial charge in [-0.05, 0) is 63.0 Å². The molecule has 0 aliphatic carbocycles. The van der Waals surface area contributed by atoms with E-state index in [4.69, 9.17) is 19.7 Å². The number of aromatic nitrogens is 1. The number of hydrogen-bond acceptors (Lipinski definition) is 7. The first-order valence-corrected chi connectivity index (χ1v) is 10.4. The van der Waals surface area contributed by atoms with Gasteiger partial charge in [-0.1, -0.05) is 11.2 Å². The number of nitrogens with zero attached hydrogens (tertiary/aromatic N) is 1. The fourth-order valence-electron chi connectivity index (χ4n) is 2.38. The SMILES string of the molecule is [2H]N(C(=O)c1sccc1S(=O)(=O)N([2H])c1onc(C)c1C)c1c(C(=O)C([2H])([2H])[2H])cc(C([2H])([2H])[2H])cc1C([2H])([2H])[2H]. The fourth-order valence-corrected chi connectivity index (χ4v) is 4.65. The molecule has 158 valence electrons. The molecule has 0 aliphatic rings. The van der Waals surface area contributed by atoms with E-state index in [2.05, 4.69) is 5.16 Å². The molecule has 0 radical (unpaired) electrons. The molecule has 0 bridgehead atoms. The molecule has 8 nitrogen and oxygen atoms in total. The van der Waals surface area contributed by atoms with E-state index >= 15 is 0 Å². The van der Waals surface area contributed by atoms with Crippen LogP contribution in [0, 0.1) is 27.6 Å². The Balaban J connectivity index is 2.25. The van der Waals surface area contributed by atoms with Crippen molar-refractivity contribution in [3.05, 3.63) is 56.4 Å². The average Bonchev–Trinajstić information content (AvgIpc) is 3.47. The van der Waals surface area contributed by atoms with Crippen LogP contribution >= 0.6 is 11.3 Å². The zero-order valence-corrected chi connectivity index (χ0v) is 17.1. The predicted molar refractivity (Wildman–Crippen MR) is 115 cm³/mol. The highest BCUT2D eigenvalue weighted by Crippen LogP contribution is 2.29. The van der Waals surface area contributed by atoms with E-state index in [1.165, 1.54) is 13.8 Å². The summed E-state index contributed by atoms with van der Waals surface area (Å²) >= 11 is 0.497. The minimum absolute atomic E-state index is 0.0297. The molecule has 2 heterocycles. The number of ketones is 1. The molecule has 1 amide bonds. The van der Waals surface area contributed by atoms with Crippen LogP contribution in [0.25, 0.3) is 0 Å². The third-order valence-electron chi connectivity index (χ3n) is 4.00. The summed E-state index contributed by atoms with van der Waals surface area (Å²) < 4.78 is 117. The van der Waals surface area contributed by atoms with Gasteiger partial charge in [-0.2, -0.15) is 0 Å². The molecular formula is C20H21N3O5S2. The van der Waals surface area contributed by atoms with Gasteiger partial charge >= 0.3 is 0 Å². The Bertz CT molecular complexity index is 1620. The van der Waals surface area contributed by atoms with Gasteiger partial charge in [-0.15, -0.1) is 11.3 Å². The van der Waals surface area contributed by atoms with Crippen LogP contribution in [0.1, 0.15) is 61.6 Å². The Morgan fingerprint density at radius 1 is 1.27 bits per heavy atom. The third kappa shape index (κ3) is 4.14. The van der Waals surface area contributed by atoms with Crippen molar-refractivity contribution in [2.24, 2.45) is 0 Å². The zero-order chi connectivity index (χ0) is 31.5. The first kappa shape index (κ1) is 11.4. The number of sulfonamides is 1. The number of rotatable bonds is 6. The second-order valence-electron chi connectivity index (χ2n) is 6.04. The number of amides is 1. The summed E-state index contributed by atoms with van der Waals surface area (Å²) in [5, 5.41) is 4.55. The molecule has 0 atom stereocenters. The molecule has 0 fully saturated rings. The van der Waals surface area contributed by atoms with Crippen LogP contribution in [0.4, 0.5) is 11.6 Å². The number of aryl methyl sites for hydroxylation is 3. The standard InChI is InChI=1S/C20H21N3O5S2/c1-10-8-11(2)17(15(9-10)14(5)24)21-19(25)18-16(6-7-29-18)30(26,27)23-20-12(3)13(4)22-28-20/h6-9,23H,1-5H3,(H,21,25)/i1D3,2D3,5D3/hD2. The Hall–Kier alpha value is -2.98. The van der Waals surface area contributed by atoms with Crippen molar-refractivity contribution < 1.29 is 37.7 Å². The molecule has 3 aromatic rings. The van der Waals surface area contributed by atoms with Crippen LogP contribution in [0.5, 0.6) is 0 Å². The predicted octanol–water partition coefficient (Wildman–Crippen LogP) is 4.23. The second-order valence-corrected chi connectivity index (χ2v) is 8.53. The van der Waals surface area contributed by atoms with Crippen molar-refractivity contribution in [1.82, 2.24) is 5.16 Å². The second kappa shape index (κ2) is 8.04. The quantitative estimate of drug-likeness (QED) is 0.534. The van der Waals surface area contributed by atoms with E-state index in [1.807, 2.05) is 0 Å².